The Bertz CT molecular complexity index is 2240. The van der Waals surface area contributed by atoms with Crippen molar-refractivity contribution in [2.75, 3.05) is 36.1 Å². The van der Waals surface area contributed by atoms with Gasteiger partial charge in [0.1, 0.15) is 30.6 Å². The van der Waals surface area contributed by atoms with Gasteiger partial charge in [0.2, 0.25) is 5.43 Å². The molecule has 1 aliphatic carbocycles. The van der Waals surface area contributed by atoms with Crippen LogP contribution in [0.2, 0.25) is 5.04 Å². The Morgan fingerprint density at radius 1 is 0.964 bits per heavy atom. The van der Waals surface area contributed by atoms with Gasteiger partial charge in [-0.1, -0.05) is 51.1 Å². The summed E-state index contributed by atoms with van der Waals surface area (Å²) >= 11 is 0. The van der Waals surface area contributed by atoms with Crippen molar-refractivity contribution in [1.29, 1.82) is 0 Å². The summed E-state index contributed by atoms with van der Waals surface area (Å²) in [5, 5.41) is 0.140. The van der Waals surface area contributed by atoms with Gasteiger partial charge in [0.25, 0.3) is 0 Å². The van der Waals surface area contributed by atoms with Crippen molar-refractivity contribution >= 4 is 44.1 Å². The first-order valence-corrected chi connectivity index (χ1v) is 20.5. The van der Waals surface area contributed by atoms with Gasteiger partial charge in [-0.25, -0.2) is 18.4 Å². The highest BCUT2D eigenvalue weighted by atomic mass is 28.2. The zero-order chi connectivity index (χ0) is 39.5. The summed E-state index contributed by atoms with van der Waals surface area (Å²) in [4.78, 5) is 43.1. The molecule has 56 heavy (non-hydrogen) atoms. The van der Waals surface area contributed by atoms with Crippen molar-refractivity contribution in [2.24, 2.45) is 5.92 Å². The number of hydrogen-bond acceptors (Lipinski definition) is 9. The van der Waals surface area contributed by atoms with Crippen LogP contribution in [0.15, 0.2) is 65.6 Å². The number of amides is 1. The minimum Gasteiger partial charge on any atom is -0.490 e. The highest BCUT2D eigenvalue weighted by molar-refractivity contribution is 6.31. The second kappa shape index (κ2) is 14.5. The Balaban J connectivity index is 0.959. The summed E-state index contributed by atoms with van der Waals surface area (Å²) in [5.41, 5.74) is 0.438. The Kier molecular flexibility index (Phi) is 9.84. The van der Waals surface area contributed by atoms with Crippen LogP contribution in [0.3, 0.4) is 0 Å². The van der Waals surface area contributed by atoms with Gasteiger partial charge >= 0.3 is 12.1 Å². The molecule has 0 N–H and O–H groups in total. The number of carbonyl (C=O) groups excluding carboxylic acids is 2. The second-order valence-electron chi connectivity index (χ2n) is 17.1. The van der Waals surface area contributed by atoms with Gasteiger partial charge in [-0.15, -0.1) is 0 Å². The Morgan fingerprint density at radius 2 is 1.73 bits per heavy atom. The third-order valence-electron chi connectivity index (χ3n) is 10.9. The lowest BCUT2D eigenvalue weighted by atomic mass is 10.0. The minimum atomic E-state index is -0.899. The molecule has 14 heteroatoms. The van der Waals surface area contributed by atoms with Crippen molar-refractivity contribution in [2.45, 2.75) is 89.3 Å². The summed E-state index contributed by atoms with van der Waals surface area (Å²) in [7, 11) is -0.899. The number of pyridine rings is 1. The second-order valence-corrected chi connectivity index (χ2v) is 19.8. The first-order valence-electron chi connectivity index (χ1n) is 19.2. The lowest BCUT2D eigenvalue weighted by Gasteiger charge is -2.34. The van der Waals surface area contributed by atoms with Crippen LogP contribution in [-0.2, 0) is 20.5 Å². The number of esters is 1. The van der Waals surface area contributed by atoms with Gasteiger partial charge in [-0.3, -0.25) is 9.69 Å². The fourth-order valence-corrected chi connectivity index (χ4v) is 8.68. The quantitative estimate of drug-likeness (QED) is 0.117. The molecule has 1 aromatic heterocycles. The smallest absolute Gasteiger partial charge is 0.414 e. The van der Waals surface area contributed by atoms with Gasteiger partial charge in [0, 0.05) is 30.8 Å². The third kappa shape index (κ3) is 7.48. The molecule has 4 heterocycles. The number of nitrogens with zero attached hydrogens (tertiary/aromatic N) is 3. The predicted molar refractivity (Wildman–Crippen MR) is 210 cm³/mol. The maximum Gasteiger partial charge on any atom is 0.414 e. The largest absolute Gasteiger partial charge is 0.490 e. The van der Waals surface area contributed by atoms with Gasteiger partial charge in [0.05, 0.1) is 41.4 Å². The van der Waals surface area contributed by atoms with E-state index < -0.39 is 50.6 Å². The Hall–Kier alpha value is -4.95. The number of fused-ring (bicyclic) bond motifs is 5. The van der Waals surface area contributed by atoms with Crippen LogP contribution in [0.25, 0.3) is 10.9 Å². The molecule has 1 amide bonds. The molecule has 8 rings (SSSR count). The predicted octanol–water partition coefficient (Wildman–Crippen LogP) is 7.06. The highest BCUT2D eigenvalue weighted by Crippen LogP contribution is 2.48. The van der Waals surface area contributed by atoms with Crippen LogP contribution in [0.5, 0.6) is 11.5 Å². The molecule has 0 bridgehead atoms. The normalized spacial score (nSPS) is 21.0. The summed E-state index contributed by atoms with van der Waals surface area (Å²) in [6.07, 6.45) is 2.78. The van der Waals surface area contributed by atoms with Crippen molar-refractivity contribution in [3.8, 4) is 11.5 Å². The topological polar surface area (TPSA) is 109 Å². The van der Waals surface area contributed by atoms with E-state index in [-0.39, 0.29) is 77.5 Å². The number of benzene rings is 3. The van der Waals surface area contributed by atoms with E-state index in [1.807, 2.05) is 53.6 Å². The molecule has 11 nitrogen and oxygen atoms in total. The Labute approximate surface area is 326 Å². The van der Waals surface area contributed by atoms with E-state index in [9.17, 15) is 14.4 Å². The highest BCUT2D eigenvalue weighted by Gasteiger charge is 2.44. The molecule has 3 atom stereocenters. The molecule has 0 unspecified atom stereocenters. The lowest BCUT2D eigenvalue weighted by molar-refractivity contribution is -0.0133. The van der Waals surface area contributed by atoms with E-state index in [1.165, 1.54) is 29.3 Å². The van der Waals surface area contributed by atoms with Gasteiger partial charge in [-0.05, 0) is 61.9 Å². The molecular formula is C42H47F2N3O8Si. The molecule has 2 saturated heterocycles. The molecular weight excluding hydrogens is 741 g/mol. The average molecular weight is 788 g/mol. The summed E-state index contributed by atoms with van der Waals surface area (Å²) in [5.74, 6) is -1.76. The average Bonchev–Trinajstić information content (AvgIpc) is 3.80. The number of cyclic esters (lactones) is 1. The number of ether oxygens (including phenoxy) is 4. The van der Waals surface area contributed by atoms with Crippen molar-refractivity contribution in [1.82, 2.24) is 4.57 Å². The Morgan fingerprint density at radius 3 is 2.45 bits per heavy atom. The fourth-order valence-electron chi connectivity index (χ4n) is 7.69. The van der Waals surface area contributed by atoms with Crippen LogP contribution in [0, 0.1) is 17.6 Å². The molecule has 3 aromatic carbocycles. The van der Waals surface area contributed by atoms with Crippen LogP contribution in [-0.4, -0.2) is 70.4 Å². The van der Waals surface area contributed by atoms with Crippen LogP contribution < -0.4 is 24.7 Å². The molecule has 0 radical (unpaired) electrons. The van der Waals surface area contributed by atoms with Crippen LogP contribution in [0.1, 0.15) is 75.8 Å². The van der Waals surface area contributed by atoms with Crippen molar-refractivity contribution < 1.29 is 41.7 Å². The summed E-state index contributed by atoms with van der Waals surface area (Å²) in [6, 6.07) is 14.7. The zero-order valence-corrected chi connectivity index (χ0v) is 33.7. The monoisotopic (exact) mass is 787 g/mol. The van der Waals surface area contributed by atoms with E-state index in [0.29, 0.717) is 24.2 Å². The fraction of sp³-hybridized carbons (Fsp3) is 0.452. The maximum absolute atomic E-state index is 16.2. The van der Waals surface area contributed by atoms with E-state index in [2.05, 4.69) is 20.8 Å². The molecule has 3 fully saturated rings. The zero-order valence-electron chi connectivity index (χ0n) is 32.3. The van der Waals surface area contributed by atoms with E-state index >= 15 is 8.78 Å². The molecule has 4 aliphatic rings. The molecule has 1 saturated carbocycles. The first-order chi connectivity index (χ1) is 26.7. The van der Waals surface area contributed by atoms with E-state index in [4.69, 9.17) is 23.4 Å². The SMILES string of the molecule is CC(C)(C)[SiH2]OC(C)(C)[C@H]1CN(c2ccc(OC[C@@H]3C[C@H]4COc5c(c(F)cc6c(=O)c(C(=O)OCc7ccccc7)cn(C7CC7)c56)N4C3)c(F)c2)C(=O)O1. The molecule has 0 spiro atoms. The van der Waals surface area contributed by atoms with Gasteiger partial charge in [0.15, 0.2) is 32.9 Å². The minimum absolute atomic E-state index is 0.00475. The van der Waals surface area contributed by atoms with Gasteiger partial charge < -0.3 is 32.8 Å². The van der Waals surface area contributed by atoms with Crippen LogP contribution >= 0.6 is 0 Å². The lowest BCUT2D eigenvalue weighted by Crippen LogP contribution is -2.43. The number of halogens is 2. The van der Waals surface area contributed by atoms with E-state index in [0.717, 1.165) is 18.4 Å². The number of carbonyl (C=O) groups is 2. The number of hydrogen-bond donors (Lipinski definition) is 0. The van der Waals surface area contributed by atoms with E-state index in [1.54, 1.807) is 6.07 Å². The van der Waals surface area contributed by atoms with Gasteiger partial charge in [-0.2, -0.15) is 0 Å². The van der Waals surface area contributed by atoms with Crippen molar-refractivity contribution in [3.05, 3.63) is 93.8 Å². The first kappa shape index (κ1) is 37.9. The molecule has 296 valence electrons. The number of rotatable bonds is 11. The third-order valence-corrected chi connectivity index (χ3v) is 12.7. The van der Waals surface area contributed by atoms with Crippen LogP contribution in [0.4, 0.5) is 25.0 Å². The summed E-state index contributed by atoms with van der Waals surface area (Å²) in [6.45, 7) is 11.3. The molecule has 3 aliphatic heterocycles. The standard InChI is InChI=1S/C42H47F2N3O8Si/c1-41(2,3)56-55-42(4,5)34-20-47(40(50)54-34)27-13-14-33(31(43)16-27)51-22-25-15-28-23-52-38-35-29(17-32(44)36(38)45(28)18-25)37(48)30(19-46(35)26-11-12-26)39(49)53-21-24-9-7-6-8-10-24/h6-10,13-14,16-17,19,25-26,28,34H,11-12,15,18,20-23,56H2,1-5H3/t25-,28+,34-/m1/s1. The number of aromatic nitrogens is 1. The summed E-state index contributed by atoms with van der Waals surface area (Å²) < 4.78 is 63.1. The number of anilines is 2. The molecule has 4 aromatic rings. The maximum atomic E-state index is 16.2. The van der Waals surface area contributed by atoms with Crippen molar-refractivity contribution in [3.63, 3.8) is 0 Å².